The largest absolute Gasteiger partial charge is 0.325 e. The first-order valence-electron chi connectivity index (χ1n) is 5.96. The van der Waals surface area contributed by atoms with Gasteiger partial charge in [-0.25, -0.2) is 0 Å². The number of rotatable bonds is 5. The standard InChI is InChI=1S/C14H19N3O/c1-11-4-6-13(7-5-11)16-14(18)10-17(3)9-12(2)8-15/h4-7,12H,9-10H2,1-3H3,(H,16,18). The topological polar surface area (TPSA) is 56.1 Å². The Balaban J connectivity index is 2.42. The van der Waals surface area contributed by atoms with Gasteiger partial charge in [0, 0.05) is 12.2 Å². The summed E-state index contributed by atoms with van der Waals surface area (Å²) in [4.78, 5) is 13.6. The number of anilines is 1. The molecular weight excluding hydrogens is 226 g/mol. The summed E-state index contributed by atoms with van der Waals surface area (Å²) in [7, 11) is 1.84. The molecule has 1 rings (SSSR count). The fourth-order valence-electron chi connectivity index (χ4n) is 1.66. The molecule has 1 unspecified atom stereocenters. The molecule has 0 aliphatic heterocycles. The van der Waals surface area contributed by atoms with Gasteiger partial charge in [-0.3, -0.25) is 9.69 Å². The van der Waals surface area contributed by atoms with E-state index in [2.05, 4.69) is 11.4 Å². The summed E-state index contributed by atoms with van der Waals surface area (Å²) in [5, 5.41) is 11.5. The van der Waals surface area contributed by atoms with Crippen LogP contribution < -0.4 is 5.32 Å². The molecule has 0 spiro atoms. The first-order chi connectivity index (χ1) is 8.51. The first kappa shape index (κ1) is 14.2. The van der Waals surface area contributed by atoms with E-state index in [1.807, 2.05) is 50.1 Å². The molecule has 1 aromatic carbocycles. The highest BCUT2D eigenvalue weighted by Crippen LogP contribution is 2.08. The number of hydrogen-bond acceptors (Lipinski definition) is 3. The van der Waals surface area contributed by atoms with Gasteiger partial charge in [0.2, 0.25) is 5.91 Å². The fourth-order valence-corrected chi connectivity index (χ4v) is 1.66. The fraction of sp³-hybridized carbons (Fsp3) is 0.429. The van der Waals surface area contributed by atoms with Crippen molar-refractivity contribution < 1.29 is 4.79 Å². The molecule has 1 N–H and O–H groups in total. The predicted molar refractivity (Wildman–Crippen MR) is 72.1 cm³/mol. The van der Waals surface area contributed by atoms with Crippen molar-refractivity contribution in [2.75, 3.05) is 25.5 Å². The lowest BCUT2D eigenvalue weighted by Gasteiger charge is -2.17. The van der Waals surface area contributed by atoms with Gasteiger partial charge in [0.05, 0.1) is 18.5 Å². The Morgan fingerprint density at radius 1 is 1.44 bits per heavy atom. The maximum absolute atomic E-state index is 11.7. The smallest absolute Gasteiger partial charge is 0.238 e. The third-order valence-electron chi connectivity index (χ3n) is 2.55. The number of nitrogens with one attached hydrogen (secondary N) is 1. The Hall–Kier alpha value is -1.86. The third-order valence-corrected chi connectivity index (χ3v) is 2.55. The molecule has 1 amide bonds. The second-order valence-electron chi connectivity index (χ2n) is 4.64. The summed E-state index contributed by atoms with van der Waals surface area (Å²) in [5.74, 6) is -0.131. The number of carbonyl (C=O) groups excluding carboxylic acids is 1. The molecule has 1 aromatic rings. The summed E-state index contributed by atoms with van der Waals surface area (Å²) in [6.07, 6.45) is 0. The summed E-state index contributed by atoms with van der Waals surface area (Å²) >= 11 is 0. The van der Waals surface area contributed by atoms with Crippen LogP contribution >= 0.6 is 0 Å². The SMILES string of the molecule is Cc1ccc(NC(=O)CN(C)CC(C)C#N)cc1. The molecule has 0 aliphatic rings. The lowest BCUT2D eigenvalue weighted by molar-refractivity contribution is -0.117. The minimum Gasteiger partial charge on any atom is -0.325 e. The molecule has 0 saturated heterocycles. The molecule has 0 radical (unpaired) electrons. The van der Waals surface area contributed by atoms with Crippen LogP contribution in [0.5, 0.6) is 0 Å². The van der Waals surface area contributed by atoms with E-state index < -0.39 is 0 Å². The van der Waals surface area contributed by atoms with Crippen LogP contribution in [0.1, 0.15) is 12.5 Å². The van der Waals surface area contributed by atoms with Gasteiger partial charge in [-0.15, -0.1) is 0 Å². The third kappa shape index (κ3) is 4.98. The second-order valence-corrected chi connectivity index (χ2v) is 4.64. The Labute approximate surface area is 108 Å². The van der Waals surface area contributed by atoms with Gasteiger partial charge in [0.25, 0.3) is 0 Å². The van der Waals surface area contributed by atoms with Crippen LogP contribution in [0.3, 0.4) is 0 Å². The van der Waals surface area contributed by atoms with Crippen molar-refractivity contribution in [3.05, 3.63) is 29.8 Å². The van der Waals surface area contributed by atoms with Crippen LogP contribution in [0.4, 0.5) is 5.69 Å². The zero-order chi connectivity index (χ0) is 13.5. The minimum absolute atomic E-state index is 0.0634. The summed E-state index contributed by atoms with van der Waals surface area (Å²) in [5.41, 5.74) is 1.96. The van der Waals surface area contributed by atoms with Crippen molar-refractivity contribution in [3.8, 4) is 6.07 Å². The molecule has 1 atom stereocenters. The molecule has 0 heterocycles. The normalized spacial score (nSPS) is 11.9. The van der Waals surface area contributed by atoms with Crippen molar-refractivity contribution in [1.29, 1.82) is 5.26 Å². The van der Waals surface area contributed by atoms with Crippen LogP contribution in [0, 0.1) is 24.2 Å². The van der Waals surface area contributed by atoms with Gasteiger partial charge in [-0.05, 0) is 33.0 Å². The number of carbonyl (C=O) groups is 1. The van der Waals surface area contributed by atoms with Gasteiger partial charge >= 0.3 is 0 Å². The number of amides is 1. The number of nitrogens with zero attached hydrogens (tertiary/aromatic N) is 2. The van der Waals surface area contributed by atoms with E-state index in [4.69, 9.17) is 5.26 Å². The maximum atomic E-state index is 11.7. The number of aryl methyl sites for hydroxylation is 1. The van der Waals surface area contributed by atoms with Crippen LogP contribution in [-0.4, -0.2) is 30.9 Å². The zero-order valence-corrected chi connectivity index (χ0v) is 11.1. The van der Waals surface area contributed by atoms with E-state index in [1.54, 1.807) is 0 Å². The average Bonchev–Trinajstić information content (AvgIpc) is 2.31. The van der Waals surface area contributed by atoms with Gasteiger partial charge in [0.15, 0.2) is 0 Å². The highest BCUT2D eigenvalue weighted by atomic mass is 16.2. The molecule has 4 nitrogen and oxygen atoms in total. The molecule has 18 heavy (non-hydrogen) atoms. The van der Waals surface area contributed by atoms with Gasteiger partial charge in [-0.1, -0.05) is 17.7 Å². The highest BCUT2D eigenvalue weighted by molar-refractivity contribution is 5.92. The molecule has 0 fully saturated rings. The number of nitriles is 1. The molecule has 96 valence electrons. The molecule has 0 aromatic heterocycles. The molecule has 0 bridgehead atoms. The van der Waals surface area contributed by atoms with E-state index in [-0.39, 0.29) is 11.8 Å². The quantitative estimate of drug-likeness (QED) is 0.863. The van der Waals surface area contributed by atoms with E-state index in [9.17, 15) is 4.79 Å². The first-order valence-corrected chi connectivity index (χ1v) is 5.96. The highest BCUT2D eigenvalue weighted by Gasteiger charge is 2.09. The Kier molecular flexibility index (Phi) is 5.34. The van der Waals surface area contributed by atoms with Crippen LogP contribution in [-0.2, 0) is 4.79 Å². The molecular formula is C14H19N3O. The van der Waals surface area contributed by atoms with Crippen molar-refractivity contribution >= 4 is 11.6 Å². The van der Waals surface area contributed by atoms with Crippen LogP contribution in [0.25, 0.3) is 0 Å². The maximum Gasteiger partial charge on any atom is 0.238 e. The van der Waals surface area contributed by atoms with Gasteiger partial charge < -0.3 is 5.32 Å². The van der Waals surface area contributed by atoms with Gasteiger partial charge in [-0.2, -0.15) is 5.26 Å². The van der Waals surface area contributed by atoms with E-state index in [0.29, 0.717) is 13.1 Å². The predicted octanol–water partition coefficient (Wildman–Crippen LogP) is 2.02. The van der Waals surface area contributed by atoms with Gasteiger partial charge in [0.1, 0.15) is 0 Å². The Morgan fingerprint density at radius 2 is 2.06 bits per heavy atom. The minimum atomic E-state index is -0.0674. The zero-order valence-electron chi connectivity index (χ0n) is 11.1. The second kappa shape index (κ2) is 6.77. The van der Waals surface area contributed by atoms with E-state index in [0.717, 1.165) is 11.3 Å². The monoisotopic (exact) mass is 245 g/mol. The van der Waals surface area contributed by atoms with E-state index in [1.165, 1.54) is 0 Å². The Bertz CT molecular complexity index is 433. The Morgan fingerprint density at radius 3 is 2.61 bits per heavy atom. The summed E-state index contributed by atoms with van der Waals surface area (Å²) in [6, 6.07) is 9.82. The summed E-state index contributed by atoms with van der Waals surface area (Å²) in [6.45, 7) is 4.73. The number of hydrogen-bond donors (Lipinski definition) is 1. The molecule has 0 aliphatic carbocycles. The van der Waals surface area contributed by atoms with Crippen molar-refractivity contribution in [3.63, 3.8) is 0 Å². The number of benzene rings is 1. The van der Waals surface area contributed by atoms with Crippen molar-refractivity contribution in [1.82, 2.24) is 4.90 Å². The average molecular weight is 245 g/mol. The van der Waals surface area contributed by atoms with Crippen molar-refractivity contribution in [2.24, 2.45) is 5.92 Å². The molecule has 4 heteroatoms. The van der Waals surface area contributed by atoms with Crippen molar-refractivity contribution in [2.45, 2.75) is 13.8 Å². The number of likely N-dealkylation sites (N-methyl/N-ethyl adjacent to an activating group) is 1. The van der Waals surface area contributed by atoms with Crippen LogP contribution in [0.15, 0.2) is 24.3 Å². The summed E-state index contributed by atoms with van der Waals surface area (Å²) < 4.78 is 0. The molecule has 0 saturated carbocycles. The van der Waals surface area contributed by atoms with E-state index >= 15 is 0 Å². The van der Waals surface area contributed by atoms with Crippen LogP contribution in [0.2, 0.25) is 0 Å². The lowest BCUT2D eigenvalue weighted by atomic mass is 10.2. The lowest BCUT2D eigenvalue weighted by Crippen LogP contribution is -2.32.